The van der Waals surface area contributed by atoms with Gasteiger partial charge in [-0.15, -0.1) is 11.3 Å². The lowest BCUT2D eigenvalue weighted by Gasteiger charge is -2.16. The van der Waals surface area contributed by atoms with Crippen molar-refractivity contribution < 1.29 is 0 Å². The second kappa shape index (κ2) is 5.48. The van der Waals surface area contributed by atoms with Crippen molar-refractivity contribution in [3.8, 4) is 0 Å². The van der Waals surface area contributed by atoms with Crippen LogP contribution in [-0.2, 0) is 0 Å². The first-order valence-corrected chi connectivity index (χ1v) is 8.32. The first-order valence-electron chi connectivity index (χ1n) is 5.92. The number of benzene rings is 1. The van der Waals surface area contributed by atoms with Crippen LogP contribution in [0.15, 0.2) is 36.6 Å². The van der Waals surface area contributed by atoms with Crippen molar-refractivity contribution in [1.82, 2.24) is 15.3 Å². The lowest BCUT2D eigenvalue weighted by molar-refractivity contribution is 0.692. The van der Waals surface area contributed by atoms with E-state index in [2.05, 4.69) is 53.2 Å². The molecular formula is C13H11Br2N3OS. The molecule has 0 aliphatic rings. The third-order valence-electron chi connectivity index (χ3n) is 3.16. The van der Waals surface area contributed by atoms with Gasteiger partial charge < -0.3 is 15.3 Å². The Bertz CT molecular complexity index is 820. The number of nitrogens with one attached hydrogen (secondary N) is 3. The van der Waals surface area contributed by atoms with Gasteiger partial charge in [0.1, 0.15) is 0 Å². The monoisotopic (exact) mass is 415 g/mol. The lowest BCUT2D eigenvalue weighted by atomic mass is 10.0. The van der Waals surface area contributed by atoms with Crippen LogP contribution in [0.1, 0.15) is 17.2 Å². The maximum absolute atomic E-state index is 11.3. The van der Waals surface area contributed by atoms with E-state index in [0.29, 0.717) is 0 Å². The van der Waals surface area contributed by atoms with Crippen LogP contribution in [0.4, 0.5) is 0 Å². The second-order valence-corrected chi connectivity index (χ2v) is 8.13. The number of imidazole rings is 1. The molecular weight excluding hydrogens is 406 g/mol. The van der Waals surface area contributed by atoms with Crippen molar-refractivity contribution in [3.63, 3.8) is 0 Å². The molecule has 104 valence electrons. The highest BCUT2D eigenvalue weighted by atomic mass is 79.9. The van der Waals surface area contributed by atoms with Gasteiger partial charge in [0, 0.05) is 0 Å². The van der Waals surface area contributed by atoms with Gasteiger partial charge in [-0.05, 0) is 68.2 Å². The zero-order valence-corrected chi connectivity index (χ0v) is 14.4. The standard InChI is InChI=1S/C13H11Br2N3OS/c1-16-11(7-5-10(14)20-12(7)15)6-2-3-8-9(4-6)18-13(19)17-8/h2-5,11,16H,1H3,(H2,17,18,19). The maximum atomic E-state index is 11.3. The van der Waals surface area contributed by atoms with E-state index in [1.54, 1.807) is 11.3 Å². The Hall–Kier alpha value is -0.890. The summed E-state index contributed by atoms with van der Waals surface area (Å²) in [5, 5.41) is 3.31. The fourth-order valence-corrected chi connectivity index (χ4v) is 5.18. The molecule has 3 N–H and O–H groups in total. The zero-order chi connectivity index (χ0) is 14.3. The second-order valence-electron chi connectivity index (χ2n) is 4.39. The molecule has 1 aromatic carbocycles. The van der Waals surface area contributed by atoms with E-state index in [-0.39, 0.29) is 11.7 Å². The summed E-state index contributed by atoms with van der Waals surface area (Å²) in [6.45, 7) is 0. The van der Waals surface area contributed by atoms with Crippen molar-refractivity contribution >= 4 is 54.2 Å². The number of aromatic amines is 2. The average Bonchev–Trinajstić information content (AvgIpc) is 2.92. The molecule has 0 fully saturated rings. The Morgan fingerprint density at radius 1 is 1.20 bits per heavy atom. The Labute approximate surface area is 135 Å². The van der Waals surface area contributed by atoms with E-state index in [9.17, 15) is 4.79 Å². The molecule has 3 rings (SSSR count). The van der Waals surface area contributed by atoms with Crippen LogP contribution in [-0.4, -0.2) is 17.0 Å². The number of fused-ring (bicyclic) bond motifs is 1. The predicted octanol–water partition coefficient (Wildman–Crippen LogP) is 3.75. The highest BCUT2D eigenvalue weighted by molar-refractivity contribution is 9.12. The number of hydrogen-bond acceptors (Lipinski definition) is 3. The number of thiophene rings is 1. The Balaban J connectivity index is 2.11. The Kier molecular flexibility index (Phi) is 3.85. The molecule has 0 bridgehead atoms. The fourth-order valence-electron chi connectivity index (χ4n) is 2.28. The smallest absolute Gasteiger partial charge is 0.309 e. The largest absolute Gasteiger partial charge is 0.323 e. The van der Waals surface area contributed by atoms with Gasteiger partial charge in [-0.25, -0.2) is 4.79 Å². The number of hydrogen-bond donors (Lipinski definition) is 3. The molecule has 0 aliphatic carbocycles. The lowest BCUT2D eigenvalue weighted by Crippen LogP contribution is -2.17. The summed E-state index contributed by atoms with van der Waals surface area (Å²) < 4.78 is 2.17. The molecule has 0 aliphatic heterocycles. The zero-order valence-electron chi connectivity index (χ0n) is 10.5. The number of H-pyrrole nitrogens is 2. The summed E-state index contributed by atoms with van der Waals surface area (Å²) in [7, 11) is 1.92. The van der Waals surface area contributed by atoms with E-state index < -0.39 is 0 Å². The van der Waals surface area contributed by atoms with E-state index in [1.807, 2.05) is 25.2 Å². The van der Waals surface area contributed by atoms with Crippen molar-refractivity contribution in [3.05, 3.63) is 53.4 Å². The summed E-state index contributed by atoms with van der Waals surface area (Å²) >= 11 is 8.74. The number of rotatable bonds is 3. The van der Waals surface area contributed by atoms with Crippen LogP contribution in [0.5, 0.6) is 0 Å². The van der Waals surface area contributed by atoms with Gasteiger partial charge in [-0.1, -0.05) is 6.07 Å². The van der Waals surface area contributed by atoms with E-state index >= 15 is 0 Å². The molecule has 0 saturated heterocycles. The van der Waals surface area contributed by atoms with Crippen molar-refractivity contribution in [2.24, 2.45) is 0 Å². The first kappa shape index (κ1) is 14.1. The van der Waals surface area contributed by atoms with Crippen LogP contribution in [0, 0.1) is 0 Å². The van der Waals surface area contributed by atoms with Gasteiger partial charge in [0.25, 0.3) is 0 Å². The molecule has 4 nitrogen and oxygen atoms in total. The minimum absolute atomic E-state index is 0.0646. The van der Waals surface area contributed by atoms with Gasteiger partial charge >= 0.3 is 5.69 Å². The fraction of sp³-hybridized carbons (Fsp3) is 0.154. The van der Waals surface area contributed by atoms with Gasteiger partial charge in [-0.2, -0.15) is 0 Å². The quantitative estimate of drug-likeness (QED) is 0.608. The molecule has 2 aromatic heterocycles. The van der Waals surface area contributed by atoms with Crippen molar-refractivity contribution in [1.29, 1.82) is 0 Å². The van der Waals surface area contributed by atoms with E-state index in [0.717, 1.165) is 24.2 Å². The van der Waals surface area contributed by atoms with Gasteiger partial charge in [-0.3, -0.25) is 0 Å². The summed E-state index contributed by atoms with van der Waals surface area (Å²) in [5.41, 5.74) is 3.72. The Morgan fingerprint density at radius 2 is 1.95 bits per heavy atom. The SMILES string of the molecule is CNC(c1ccc2[nH]c(=O)[nH]c2c1)c1cc(Br)sc1Br. The molecule has 20 heavy (non-hydrogen) atoms. The average molecular weight is 417 g/mol. The third-order valence-corrected chi connectivity index (χ3v) is 5.54. The van der Waals surface area contributed by atoms with E-state index in [4.69, 9.17) is 0 Å². The van der Waals surface area contributed by atoms with Crippen LogP contribution >= 0.6 is 43.2 Å². The van der Waals surface area contributed by atoms with Crippen LogP contribution in [0.25, 0.3) is 11.0 Å². The molecule has 2 heterocycles. The molecule has 0 amide bonds. The minimum Gasteiger partial charge on any atom is -0.309 e. The topological polar surface area (TPSA) is 60.7 Å². The summed E-state index contributed by atoms with van der Waals surface area (Å²) in [6, 6.07) is 8.09. The summed E-state index contributed by atoms with van der Waals surface area (Å²) in [4.78, 5) is 16.9. The van der Waals surface area contributed by atoms with Crippen LogP contribution in [0.2, 0.25) is 0 Å². The molecule has 0 radical (unpaired) electrons. The Morgan fingerprint density at radius 3 is 2.60 bits per heavy atom. The molecule has 0 saturated carbocycles. The van der Waals surface area contributed by atoms with E-state index in [1.165, 1.54) is 5.56 Å². The van der Waals surface area contributed by atoms with Crippen molar-refractivity contribution in [2.75, 3.05) is 7.05 Å². The van der Waals surface area contributed by atoms with Gasteiger partial charge in [0.2, 0.25) is 0 Å². The molecule has 1 atom stereocenters. The van der Waals surface area contributed by atoms with Crippen molar-refractivity contribution in [2.45, 2.75) is 6.04 Å². The maximum Gasteiger partial charge on any atom is 0.323 e. The highest BCUT2D eigenvalue weighted by Gasteiger charge is 2.18. The van der Waals surface area contributed by atoms with Crippen LogP contribution < -0.4 is 11.0 Å². The van der Waals surface area contributed by atoms with Crippen LogP contribution in [0.3, 0.4) is 0 Å². The van der Waals surface area contributed by atoms with Gasteiger partial charge in [0.15, 0.2) is 0 Å². The summed E-state index contributed by atoms with van der Waals surface area (Å²) in [5.74, 6) is 0. The number of halogens is 2. The number of aromatic nitrogens is 2. The normalized spacial score (nSPS) is 12.9. The molecule has 7 heteroatoms. The third kappa shape index (κ3) is 2.50. The summed E-state index contributed by atoms with van der Waals surface area (Å²) in [6.07, 6.45) is 0. The molecule has 0 spiro atoms. The predicted molar refractivity (Wildman–Crippen MR) is 89.5 cm³/mol. The van der Waals surface area contributed by atoms with Gasteiger partial charge in [0.05, 0.1) is 24.6 Å². The molecule has 1 unspecified atom stereocenters. The molecule has 3 aromatic rings. The highest BCUT2D eigenvalue weighted by Crippen LogP contribution is 2.38. The minimum atomic E-state index is -0.183. The first-order chi connectivity index (χ1) is 9.58.